The van der Waals surface area contributed by atoms with Crippen molar-refractivity contribution in [2.75, 3.05) is 26.2 Å². The van der Waals surface area contributed by atoms with Crippen LogP contribution in [0.3, 0.4) is 0 Å². The van der Waals surface area contributed by atoms with E-state index in [1.54, 1.807) is 13.8 Å². The SMILES string of the molecule is CCCCN1C[C@H](c2ccccc2)C(=O)[C@@](C)(C(=O)OCC)C1. The molecule has 4 nitrogen and oxygen atoms in total. The van der Waals surface area contributed by atoms with Gasteiger partial charge in [0.25, 0.3) is 0 Å². The third-order valence-corrected chi connectivity index (χ3v) is 4.60. The highest BCUT2D eigenvalue weighted by atomic mass is 16.5. The number of ketones is 1. The van der Waals surface area contributed by atoms with Gasteiger partial charge in [-0.15, -0.1) is 0 Å². The van der Waals surface area contributed by atoms with Crippen molar-refractivity contribution in [3.8, 4) is 0 Å². The maximum absolute atomic E-state index is 13.1. The maximum atomic E-state index is 13.1. The minimum atomic E-state index is -1.08. The van der Waals surface area contributed by atoms with Crippen molar-refractivity contribution in [3.63, 3.8) is 0 Å². The monoisotopic (exact) mass is 317 g/mol. The van der Waals surface area contributed by atoms with Crippen molar-refractivity contribution in [2.45, 2.75) is 39.5 Å². The number of hydrogen-bond acceptors (Lipinski definition) is 4. The van der Waals surface area contributed by atoms with Gasteiger partial charge in [-0.25, -0.2) is 0 Å². The molecular weight excluding hydrogens is 290 g/mol. The van der Waals surface area contributed by atoms with Crippen molar-refractivity contribution >= 4 is 11.8 Å². The van der Waals surface area contributed by atoms with Crippen LogP contribution in [0.15, 0.2) is 30.3 Å². The summed E-state index contributed by atoms with van der Waals surface area (Å²) in [7, 11) is 0. The summed E-state index contributed by atoms with van der Waals surface area (Å²) in [5, 5.41) is 0. The minimum absolute atomic E-state index is 0.0186. The van der Waals surface area contributed by atoms with E-state index in [1.165, 1.54) is 0 Å². The van der Waals surface area contributed by atoms with Crippen LogP contribution >= 0.6 is 0 Å². The van der Waals surface area contributed by atoms with Crippen LogP contribution in [-0.2, 0) is 14.3 Å². The predicted molar refractivity (Wildman–Crippen MR) is 90.3 cm³/mol. The molecule has 0 bridgehead atoms. The van der Waals surface area contributed by atoms with Crippen molar-refractivity contribution in [1.82, 2.24) is 4.90 Å². The van der Waals surface area contributed by atoms with Gasteiger partial charge in [-0.2, -0.15) is 0 Å². The Balaban J connectivity index is 2.31. The molecule has 1 aliphatic heterocycles. The molecule has 1 aromatic carbocycles. The zero-order valence-electron chi connectivity index (χ0n) is 14.4. The number of carbonyl (C=O) groups excluding carboxylic acids is 2. The molecule has 2 atom stereocenters. The van der Waals surface area contributed by atoms with Gasteiger partial charge >= 0.3 is 5.97 Å². The zero-order valence-corrected chi connectivity index (χ0v) is 14.4. The first kappa shape index (κ1) is 17.7. The van der Waals surface area contributed by atoms with Crippen LogP contribution in [0.5, 0.6) is 0 Å². The topological polar surface area (TPSA) is 46.6 Å². The molecule has 1 saturated heterocycles. The first-order chi connectivity index (χ1) is 11.0. The van der Waals surface area contributed by atoms with Crippen molar-refractivity contribution in [3.05, 3.63) is 35.9 Å². The molecule has 1 aliphatic rings. The molecule has 0 saturated carbocycles. The number of Topliss-reactive ketones (excluding diaryl/α,β-unsaturated/α-hetero) is 1. The highest BCUT2D eigenvalue weighted by Gasteiger charge is 2.50. The van der Waals surface area contributed by atoms with Gasteiger partial charge in [0.1, 0.15) is 5.41 Å². The third kappa shape index (κ3) is 3.81. The maximum Gasteiger partial charge on any atom is 0.320 e. The van der Waals surface area contributed by atoms with E-state index in [0.717, 1.165) is 24.9 Å². The van der Waals surface area contributed by atoms with E-state index in [9.17, 15) is 9.59 Å². The van der Waals surface area contributed by atoms with Crippen molar-refractivity contribution in [1.29, 1.82) is 0 Å². The van der Waals surface area contributed by atoms with Gasteiger partial charge in [-0.05, 0) is 32.4 Å². The van der Waals surface area contributed by atoms with Crippen LogP contribution in [0, 0.1) is 5.41 Å². The second kappa shape index (κ2) is 7.73. The molecule has 0 N–H and O–H groups in total. The molecule has 1 fully saturated rings. The summed E-state index contributed by atoms with van der Waals surface area (Å²) >= 11 is 0. The molecular formula is C19H27NO3. The summed E-state index contributed by atoms with van der Waals surface area (Å²) in [5.74, 6) is -0.682. The smallest absolute Gasteiger partial charge is 0.320 e. The number of rotatable bonds is 6. The lowest BCUT2D eigenvalue weighted by Gasteiger charge is -2.41. The van der Waals surface area contributed by atoms with E-state index >= 15 is 0 Å². The van der Waals surface area contributed by atoms with Gasteiger partial charge in [-0.3, -0.25) is 9.59 Å². The van der Waals surface area contributed by atoms with Gasteiger partial charge < -0.3 is 9.64 Å². The summed E-state index contributed by atoms with van der Waals surface area (Å²) in [6.45, 7) is 7.99. The largest absolute Gasteiger partial charge is 0.465 e. The first-order valence-electron chi connectivity index (χ1n) is 8.51. The molecule has 0 amide bonds. The third-order valence-electron chi connectivity index (χ3n) is 4.60. The Morgan fingerprint density at radius 3 is 2.61 bits per heavy atom. The molecule has 23 heavy (non-hydrogen) atoms. The average molecular weight is 317 g/mol. The van der Waals surface area contributed by atoms with E-state index in [0.29, 0.717) is 19.7 Å². The van der Waals surface area contributed by atoms with E-state index < -0.39 is 11.4 Å². The predicted octanol–water partition coefficient (Wildman–Crippen LogP) is 3.02. The van der Waals surface area contributed by atoms with Gasteiger partial charge in [0.2, 0.25) is 0 Å². The molecule has 126 valence electrons. The van der Waals surface area contributed by atoms with Crippen LogP contribution in [-0.4, -0.2) is 42.9 Å². The number of hydrogen-bond donors (Lipinski definition) is 0. The quantitative estimate of drug-likeness (QED) is 0.598. The lowest BCUT2D eigenvalue weighted by Crippen LogP contribution is -2.56. The Hall–Kier alpha value is -1.68. The average Bonchev–Trinajstić information content (AvgIpc) is 2.56. The van der Waals surface area contributed by atoms with Crippen LogP contribution < -0.4 is 0 Å². The number of nitrogens with zero attached hydrogens (tertiary/aromatic N) is 1. The standard InChI is InChI=1S/C19H27NO3/c1-4-6-12-20-13-16(15-10-8-7-9-11-15)17(21)19(3,14-20)18(22)23-5-2/h7-11,16H,4-6,12-14H2,1-3H3/t16-,19+/m1/s1. The molecule has 0 aliphatic carbocycles. The second-order valence-electron chi connectivity index (χ2n) is 6.47. The fraction of sp³-hybridized carbons (Fsp3) is 0.579. The first-order valence-corrected chi connectivity index (χ1v) is 8.51. The molecule has 0 aromatic heterocycles. The molecule has 0 spiro atoms. The normalized spacial score (nSPS) is 25.3. The number of benzene rings is 1. The van der Waals surface area contributed by atoms with Gasteiger partial charge in [0.15, 0.2) is 5.78 Å². The van der Waals surface area contributed by atoms with Crippen LogP contribution in [0.2, 0.25) is 0 Å². The highest BCUT2D eigenvalue weighted by Crippen LogP contribution is 2.36. The number of esters is 1. The molecule has 4 heteroatoms. The fourth-order valence-electron chi connectivity index (χ4n) is 3.27. The Bertz CT molecular complexity index is 543. The number of likely N-dealkylation sites (tertiary alicyclic amines) is 1. The summed E-state index contributed by atoms with van der Waals surface area (Å²) in [6, 6.07) is 9.76. The van der Waals surface area contributed by atoms with E-state index in [1.807, 2.05) is 30.3 Å². The van der Waals surface area contributed by atoms with E-state index in [4.69, 9.17) is 4.74 Å². The summed E-state index contributed by atoms with van der Waals surface area (Å²) in [5.41, 5.74) is -0.100. The number of piperidine rings is 1. The Morgan fingerprint density at radius 1 is 1.30 bits per heavy atom. The van der Waals surface area contributed by atoms with E-state index in [2.05, 4.69) is 11.8 Å². The Morgan fingerprint density at radius 2 is 2.00 bits per heavy atom. The van der Waals surface area contributed by atoms with Crippen LogP contribution in [0.1, 0.15) is 45.1 Å². The summed E-state index contributed by atoms with van der Waals surface area (Å²) in [4.78, 5) is 27.7. The second-order valence-corrected chi connectivity index (χ2v) is 6.47. The molecule has 0 unspecified atom stereocenters. The molecule has 1 heterocycles. The van der Waals surface area contributed by atoms with Crippen LogP contribution in [0.25, 0.3) is 0 Å². The fourth-order valence-corrected chi connectivity index (χ4v) is 3.27. The highest BCUT2D eigenvalue weighted by molar-refractivity contribution is 6.07. The number of carbonyl (C=O) groups is 2. The van der Waals surface area contributed by atoms with E-state index in [-0.39, 0.29) is 11.7 Å². The summed E-state index contributed by atoms with van der Waals surface area (Å²) < 4.78 is 5.21. The molecule has 0 radical (unpaired) electrons. The van der Waals surface area contributed by atoms with Gasteiger partial charge in [-0.1, -0.05) is 43.7 Å². The van der Waals surface area contributed by atoms with Crippen molar-refractivity contribution in [2.24, 2.45) is 5.41 Å². The molecule has 2 rings (SSSR count). The Kier molecular flexibility index (Phi) is 5.94. The lowest BCUT2D eigenvalue weighted by atomic mass is 9.73. The zero-order chi connectivity index (χ0) is 16.9. The molecule has 1 aromatic rings. The number of unbranched alkanes of at least 4 members (excludes halogenated alkanes) is 1. The van der Waals surface area contributed by atoms with Crippen LogP contribution in [0.4, 0.5) is 0 Å². The Labute approximate surface area is 138 Å². The summed E-state index contributed by atoms with van der Waals surface area (Å²) in [6.07, 6.45) is 2.16. The van der Waals surface area contributed by atoms with Gasteiger partial charge in [0.05, 0.1) is 12.5 Å². The lowest BCUT2D eigenvalue weighted by molar-refractivity contribution is -0.163. The van der Waals surface area contributed by atoms with Gasteiger partial charge in [0, 0.05) is 13.1 Å². The van der Waals surface area contributed by atoms with Crippen molar-refractivity contribution < 1.29 is 14.3 Å². The minimum Gasteiger partial charge on any atom is -0.465 e. The number of ether oxygens (including phenoxy) is 1.